The number of halogens is 2. The van der Waals surface area contributed by atoms with Gasteiger partial charge in [-0.25, -0.2) is 12.8 Å². The van der Waals surface area contributed by atoms with Crippen molar-refractivity contribution in [3.63, 3.8) is 0 Å². The van der Waals surface area contributed by atoms with Gasteiger partial charge in [0.1, 0.15) is 10.7 Å². The van der Waals surface area contributed by atoms with Gasteiger partial charge in [0.2, 0.25) is 10.0 Å². The summed E-state index contributed by atoms with van der Waals surface area (Å²) < 4.78 is 45.0. The van der Waals surface area contributed by atoms with Crippen molar-refractivity contribution in [3.8, 4) is 12.3 Å². The predicted molar refractivity (Wildman–Crippen MR) is 73.3 cm³/mol. The molecule has 0 bridgehead atoms. The van der Waals surface area contributed by atoms with Crippen LogP contribution in [-0.2, 0) is 14.8 Å². The number of terminal acetylenes is 1. The first-order valence-corrected chi connectivity index (χ1v) is 7.81. The van der Waals surface area contributed by atoms with E-state index in [4.69, 9.17) is 22.8 Å². The van der Waals surface area contributed by atoms with Crippen molar-refractivity contribution in [1.29, 1.82) is 0 Å². The highest BCUT2D eigenvalue weighted by Crippen LogP contribution is 2.24. The molecule has 2 atom stereocenters. The van der Waals surface area contributed by atoms with Crippen LogP contribution in [-0.4, -0.2) is 27.7 Å². The highest BCUT2D eigenvalue weighted by atomic mass is 35.5. The summed E-state index contributed by atoms with van der Waals surface area (Å²) in [5.74, 6) is 1.73. The molecule has 7 heteroatoms. The van der Waals surface area contributed by atoms with E-state index in [9.17, 15) is 12.8 Å². The summed E-state index contributed by atoms with van der Waals surface area (Å²) >= 11 is 5.76. The molecule has 20 heavy (non-hydrogen) atoms. The first-order chi connectivity index (χ1) is 9.44. The fourth-order valence-electron chi connectivity index (χ4n) is 2.01. The number of rotatable bonds is 4. The molecule has 1 N–H and O–H groups in total. The van der Waals surface area contributed by atoms with Crippen molar-refractivity contribution in [2.45, 2.75) is 17.4 Å². The van der Waals surface area contributed by atoms with Gasteiger partial charge in [-0.1, -0.05) is 17.5 Å². The van der Waals surface area contributed by atoms with Crippen LogP contribution in [0.15, 0.2) is 23.1 Å². The van der Waals surface area contributed by atoms with Gasteiger partial charge >= 0.3 is 0 Å². The van der Waals surface area contributed by atoms with Gasteiger partial charge in [-0.2, -0.15) is 4.72 Å². The molecule has 0 aromatic heterocycles. The normalized spacial score (nSPS) is 20.6. The van der Waals surface area contributed by atoms with Crippen molar-refractivity contribution in [2.75, 3.05) is 13.2 Å². The molecule has 0 spiro atoms. The Balaban J connectivity index is 2.23. The fraction of sp³-hybridized carbons (Fsp3) is 0.385. The van der Waals surface area contributed by atoms with Crippen molar-refractivity contribution >= 4 is 21.6 Å². The average molecular weight is 318 g/mol. The molecule has 1 saturated heterocycles. The Labute approximate surface area is 122 Å². The van der Waals surface area contributed by atoms with Gasteiger partial charge in [0, 0.05) is 12.5 Å². The van der Waals surface area contributed by atoms with E-state index in [1.807, 2.05) is 0 Å². The van der Waals surface area contributed by atoms with E-state index in [0.29, 0.717) is 19.6 Å². The van der Waals surface area contributed by atoms with E-state index in [1.54, 1.807) is 0 Å². The minimum atomic E-state index is -3.90. The molecule has 1 fully saturated rings. The lowest BCUT2D eigenvalue weighted by Gasteiger charge is -2.18. The lowest BCUT2D eigenvalue weighted by atomic mass is 10.0. The molecule has 1 aromatic rings. The summed E-state index contributed by atoms with van der Waals surface area (Å²) in [4.78, 5) is -0.195. The lowest BCUT2D eigenvalue weighted by Crippen LogP contribution is -2.39. The summed E-state index contributed by atoms with van der Waals surface area (Å²) in [6.45, 7) is 0.969. The zero-order chi connectivity index (χ0) is 14.8. The maximum absolute atomic E-state index is 13.0. The van der Waals surface area contributed by atoms with Crippen molar-refractivity contribution < 1.29 is 17.5 Å². The molecule has 1 aliphatic rings. The number of hydrogen-bond donors (Lipinski definition) is 1. The van der Waals surface area contributed by atoms with Crippen LogP contribution in [0, 0.1) is 24.1 Å². The van der Waals surface area contributed by atoms with Gasteiger partial charge in [0.05, 0.1) is 17.7 Å². The maximum Gasteiger partial charge on any atom is 0.243 e. The predicted octanol–water partition coefficient (Wildman–Crippen LogP) is 1.80. The van der Waals surface area contributed by atoms with Gasteiger partial charge < -0.3 is 4.74 Å². The van der Waals surface area contributed by atoms with Crippen LogP contribution in [0.1, 0.15) is 6.42 Å². The Morgan fingerprint density at radius 3 is 2.85 bits per heavy atom. The Kier molecular flexibility index (Phi) is 4.66. The summed E-state index contributed by atoms with van der Waals surface area (Å²) in [6, 6.07) is 2.41. The second-order valence-electron chi connectivity index (χ2n) is 4.46. The number of sulfonamides is 1. The lowest BCUT2D eigenvalue weighted by molar-refractivity contribution is 0.183. The molecule has 4 nitrogen and oxygen atoms in total. The van der Waals surface area contributed by atoms with Crippen molar-refractivity contribution in [2.24, 2.45) is 5.92 Å². The van der Waals surface area contributed by atoms with Crippen LogP contribution < -0.4 is 4.72 Å². The van der Waals surface area contributed by atoms with E-state index in [0.717, 1.165) is 18.2 Å². The average Bonchev–Trinajstić information content (AvgIpc) is 2.89. The molecule has 0 radical (unpaired) electrons. The summed E-state index contributed by atoms with van der Waals surface area (Å²) in [6.07, 6.45) is 6.06. The smallest absolute Gasteiger partial charge is 0.243 e. The molecule has 1 aliphatic heterocycles. The second-order valence-corrected chi connectivity index (χ2v) is 6.55. The number of nitrogens with one attached hydrogen (secondary N) is 1. The molecule has 0 saturated carbocycles. The zero-order valence-electron chi connectivity index (χ0n) is 10.5. The summed E-state index contributed by atoms with van der Waals surface area (Å²) in [5.41, 5.74) is 0. The summed E-state index contributed by atoms with van der Waals surface area (Å²) in [7, 11) is -3.90. The van der Waals surface area contributed by atoms with Gasteiger partial charge in [-0.15, -0.1) is 6.42 Å². The molecule has 0 unspecified atom stereocenters. The third-order valence-electron chi connectivity index (χ3n) is 3.08. The standard InChI is InChI=1S/C13H13ClFNO3S/c1-2-12(9-5-6-19-8-9)16-20(17,18)13-4-3-10(15)7-11(13)14/h1,3-4,7,9,12,16H,5-6,8H2/t9-,12-/m1/s1. The van der Waals surface area contributed by atoms with Crippen molar-refractivity contribution in [3.05, 3.63) is 29.0 Å². The Morgan fingerprint density at radius 2 is 2.30 bits per heavy atom. The fourth-order valence-corrected chi connectivity index (χ4v) is 3.76. The van der Waals surface area contributed by atoms with E-state index >= 15 is 0 Å². The maximum atomic E-state index is 13.0. The van der Waals surface area contributed by atoms with E-state index in [1.165, 1.54) is 0 Å². The van der Waals surface area contributed by atoms with Crippen LogP contribution in [0.3, 0.4) is 0 Å². The number of hydrogen-bond acceptors (Lipinski definition) is 3. The van der Waals surface area contributed by atoms with Gasteiger partial charge in [-0.3, -0.25) is 0 Å². The minimum absolute atomic E-state index is 0.0750. The minimum Gasteiger partial charge on any atom is -0.381 e. The third-order valence-corrected chi connectivity index (χ3v) is 5.01. The van der Waals surface area contributed by atoms with Crippen molar-refractivity contribution in [1.82, 2.24) is 4.72 Å². The van der Waals surface area contributed by atoms with E-state index in [-0.39, 0.29) is 15.8 Å². The molecule has 0 aliphatic carbocycles. The third kappa shape index (κ3) is 3.30. The topological polar surface area (TPSA) is 55.4 Å². The Morgan fingerprint density at radius 1 is 1.55 bits per heavy atom. The molecule has 0 amide bonds. The Bertz CT molecular complexity index is 636. The molecule has 1 aromatic carbocycles. The summed E-state index contributed by atoms with van der Waals surface area (Å²) in [5, 5.41) is -0.184. The first kappa shape index (κ1) is 15.3. The number of benzene rings is 1. The molecular weight excluding hydrogens is 305 g/mol. The van der Waals surface area contributed by atoms with Crippen LogP contribution >= 0.6 is 11.6 Å². The van der Waals surface area contributed by atoms with Crippen LogP contribution in [0.2, 0.25) is 5.02 Å². The van der Waals surface area contributed by atoms with Crippen LogP contribution in [0.4, 0.5) is 4.39 Å². The van der Waals surface area contributed by atoms with Gasteiger partial charge in [0.15, 0.2) is 0 Å². The zero-order valence-corrected chi connectivity index (χ0v) is 12.0. The van der Waals surface area contributed by atoms with E-state index < -0.39 is 21.9 Å². The largest absolute Gasteiger partial charge is 0.381 e. The first-order valence-electron chi connectivity index (χ1n) is 5.95. The van der Waals surface area contributed by atoms with Gasteiger partial charge in [0.25, 0.3) is 0 Å². The SMILES string of the molecule is C#C[C@@H](NS(=O)(=O)c1ccc(F)cc1Cl)[C@@H]1CCOC1. The van der Waals surface area contributed by atoms with Gasteiger partial charge in [-0.05, 0) is 24.6 Å². The molecule has 1 heterocycles. The highest BCUT2D eigenvalue weighted by molar-refractivity contribution is 7.89. The van der Waals surface area contributed by atoms with E-state index in [2.05, 4.69) is 10.6 Å². The Hall–Kier alpha value is -1.13. The number of ether oxygens (including phenoxy) is 1. The van der Waals surface area contributed by atoms with Crippen LogP contribution in [0.5, 0.6) is 0 Å². The highest BCUT2D eigenvalue weighted by Gasteiger charge is 2.29. The second kappa shape index (κ2) is 6.10. The quantitative estimate of drug-likeness (QED) is 0.862. The monoisotopic (exact) mass is 317 g/mol. The molecular formula is C13H13ClFNO3S. The van der Waals surface area contributed by atoms with Crippen LogP contribution in [0.25, 0.3) is 0 Å². The molecule has 108 valence electrons. The molecule has 2 rings (SSSR count).